The zero-order chi connectivity index (χ0) is 16.9. The van der Waals surface area contributed by atoms with Gasteiger partial charge in [-0.3, -0.25) is 5.32 Å². The minimum absolute atomic E-state index is 0.168. The number of amides is 2. The molecule has 130 valence electrons. The number of anilines is 1. The molecule has 2 unspecified atom stereocenters. The Balaban J connectivity index is 1.57. The molecule has 0 bridgehead atoms. The molecule has 1 aromatic rings. The van der Waals surface area contributed by atoms with E-state index in [9.17, 15) is 4.79 Å². The van der Waals surface area contributed by atoms with Gasteiger partial charge in [0.2, 0.25) is 0 Å². The number of carbonyl (C=O) groups excluding carboxylic acids is 1. The van der Waals surface area contributed by atoms with E-state index in [1.165, 1.54) is 11.1 Å². The van der Waals surface area contributed by atoms with Crippen LogP contribution in [0.1, 0.15) is 25.0 Å². The van der Waals surface area contributed by atoms with Crippen molar-refractivity contribution < 1.29 is 4.79 Å². The van der Waals surface area contributed by atoms with Crippen LogP contribution in [0.3, 0.4) is 0 Å². The smallest absolute Gasteiger partial charge is 0.321 e. The Labute approximate surface area is 142 Å². The van der Waals surface area contributed by atoms with Gasteiger partial charge in [-0.05, 0) is 56.1 Å². The van der Waals surface area contributed by atoms with Gasteiger partial charge in [0, 0.05) is 24.8 Å². The van der Waals surface area contributed by atoms with Gasteiger partial charge in [-0.2, -0.15) is 0 Å². The summed E-state index contributed by atoms with van der Waals surface area (Å²) in [5, 5.41) is 18.9. The summed E-state index contributed by atoms with van der Waals surface area (Å²) in [5.41, 5.74) is 3.42. The Morgan fingerprint density at radius 2 is 2.21 bits per heavy atom. The van der Waals surface area contributed by atoms with Crippen molar-refractivity contribution in [1.82, 2.24) is 26.6 Å². The van der Waals surface area contributed by atoms with Gasteiger partial charge in [0.05, 0.1) is 5.82 Å². The Bertz CT molecular complexity index is 630. The third-order valence-corrected chi connectivity index (χ3v) is 4.14. The summed E-state index contributed by atoms with van der Waals surface area (Å²) >= 11 is 0. The van der Waals surface area contributed by atoms with Crippen LogP contribution < -0.4 is 31.9 Å². The molecular weight excluding hydrogens is 304 g/mol. The lowest BCUT2D eigenvalue weighted by molar-refractivity contribution is 0.240. The molecule has 2 atom stereocenters. The number of rotatable bonds is 4. The molecule has 0 fully saturated rings. The van der Waals surface area contributed by atoms with Crippen molar-refractivity contribution >= 4 is 11.7 Å². The molecule has 2 amide bonds. The predicted molar refractivity (Wildman–Crippen MR) is 95.3 cm³/mol. The lowest BCUT2D eigenvalue weighted by Crippen LogP contribution is -2.61. The summed E-state index contributed by atoms with van der Waals surface area (Å²) in [5.74, 6) is 0.926. The van der Waals surface area contributed by atoms with Crippen molar-refractivity contribution in [2.24, 2.45) is 0 Å². The fourth-order valence-electron chi connectivity index (χ4n) is 3.04. The zero-order valence-corrected chi connectivity index (χ0v) is 14.2. The molecule has 0 aliphatic carbocycles. The van der Waals surface area contributed by atoms with Crippen LogP contribution in [-0.2, 0) is 13.0 Å². The average molecular weight is 330 g/mol. The second-order valence-corrected chi connectivity index (χ2v) is 6.15. The number of benzene rings is 1. The Morgan fingerprint density at radius 1 is 1.33 bits per heavy atom. The van der Waals surface area contributed by atoms with E-state index in [1.807, 2.05) is 19.9 Å². The van der Waals surface area contributed by atoms with Crippen LogP contribution in [0.2, 0.25) is 0 Å². The summed E-state index contributed by atoms with van der Waals surface area (Å²) in [6, 6.07) is 6.01. The largest absolute Gasteiger partial charge is 0.372 e. The lowest BCUT2D eigenvalue weighted by atomic mass is 10.0. The second-order valence-electron chi connectivity index (χ2n) is 6.15. The Kier molecular flexibility index (Phi) is 5.22. The average Bonchev–Trinajstić information content (AvgIpc) is 2.54. The molecule has 7 heteroatoms. The molecule has 0 spiro atoms. The van der Waals surface area contributed by atoms with E-state index in [4.69, 9.17) is 0 Å². The highest BCUT2D eigenvalue weighted by molar-refractivity contribution is 5.89. The van der Waals surface area contributed by atoms with Gasteiger partial charge in [0.1, 0.15) is 0 Å². The SMILES string of the molecule is CCNC1=CC(C)NC(NC(=O)Nc2ccc3c(c2)CCNC3)N1. The maximum atomic E-state index is 12.3. The first-order valence-corrected chi connectivity index (χ1v) is 8.52. The fraction of sp³-hybridized carbons (Fsp3) is 0.471. The molecule has 2 aliphatic rings. The van der Waals surface area contributed by atoms with E-state index in [1.54, 1.807) is 0 Å². The number of hydrogen-bond acceptors (Lipinski definition) is 5. The standard InChI is InChI=1S/C17H26N6O/c1-3-19-15-8-11(2)20-16(22-15)23-17(24)21-14-5-4-13-10-18-7-6-12(13)9-14/h4-5,8-9,11,16,18-20,22H,3,6-7,10H2,1-2H3,(H2,21,23,24). The lowest BCUT2D eigenvalue weighted by Gasteiger charge is -2.31. The summed E-state index contributed by atoms with van der Waals surface area (Å²) in [6.45, 7) is 6.79. The first-order valence-electron chi connectivity index (χ1n) is 8.52. The molecule has 0 radical (unpaired) electrons. The third-order valence-electron chi connectivity index (χ3n) is 4.14. The van der Waals surface area contributed by atoms with Gasteiger partial charge in [-0.1, -0.05) is 6.07 Å². The summed E-state index contributed by atoms with van der Waals surface area (Å²) in [6.07, 6.45) is 2.73. The van der Waals surface area contributed by atoms with Crippen LogP contribution in [0.25, 0.3) is 0 Å². The van der Waals surface area contributed by atoms with Crippen molar-refractivity contribution in [2.75, 3.05) is 18.4 Å². The normalized spacial score (nSPS) is 22.7. The van der Waals surface area contributed by atoms with E-state index in [0.717, 1.165) is 37.6 Å². The maximum Gasteiger partial charge on any atom is 0.321 e. The molecule has 0 saturated carbocycles. The van der Waals surface area contributed by atoms with Gasteiger partial charge >= 0.3 is 6.03 Å². The first kappa shape index (κ1) is 16.6. The maximum absolute atomic E-state index is 12.3. The molecule has 1 aromatic carbocycles. The first-order chi connectivity index (χ1) is 11.6. The van der Waals surface area contributed by atoms with Crippen LogP contribution in [0, 0.1) is 0 Å². The highest BCUT2D eigenvalue weighted by atomic mass is 16.2. The Hall–Kier alpha value is -2.25. The van der Waals surface area contributed by atoms with Gasteiger partial charge < -0.3 is 26.6 Å². The molecule has 7 nitrogen and oxygen atoms in total. The van der Waals surface area contributed by atoms with Crippen LogP contribution in [0.5, 0.6) is 0 Å². The molecule has 2 heterocycles. The highest BCUT2D eigenvalue weighted by Crippen LogP contribution is 2.18. The fourth-order valence-corrected chi connectivity index (χ4v) is 3.04. The minimum atomic E-state index is -0.319. The molecule has 0 saturated heterocycles. The zero-order valence-electron chi connectivity index (χ0n) is 14.2. The van der Waals surface area contributed by atoms with Crippen LogP contribution in [-0.4, -0.2) is 31.5 Å². The number of carbonyl (C=O) groups is 1. The number of urea groups is 1. The summed E-state index contributed by atoms with van der Waals surface area (Å²) in [4.78, 5) is 12.3. The van der Waals surface area contributed by atoms with Gasteiger partial charge in [-0.25, -0.2) is 4.79 Å². The van der Waals surface area contributed by atoms with Gasteiger partial charge in [-0.15, -0.1) is 0 Å². The van der Waals surface area contributed by atoms with Crippen molar-refractivity contribution in [3.63, 3.8) is 0 Å². The summed E-state index contributed by atoms with van der Waals surface area (Å²) in [7, 11) is 0. The topological polar surface area (TPSA) is 89.2 Å². The monoisotopic (exact) mass is 330 g/mol. The summed E-state index contributed by atoms with van der Waals surface area (Å²) < 4.78 is 0. The van der Waals surface area contributed by atoms with Crippen LogP contribution in [0.15, 0.2) is 30.1 Å². The van der Waals surface area contributed by atoms with Gasteiger partial charge in [0.15, 0.2) is 6.29 Å². The molecule has 0 aromatic heterocycles. The van der Waals surface area contributed by atoms with Crippen molar-refractivity contribution in [2.45, 2.75) is 39.1 Å². The van der Waals surface area contributed by atoms with Crippen molar-refractivity contribution in [3.8, 4) is 0 Å². The third kappa shape index (κ3) is 4.18. The predicted octanol–water partition coefficient (Wildman–Crippen LogP) is 0.770. The van der Waals surface area contributed by atoms with E-state index in [0.29, 0.717) is 0 Å². The molecule has 2 aliphatic heterocycles. The van der Waals surface area contributed by atoms with E-state index in [-0.39, 0.29) is 18.4 Å². The van der Waals surface area contributed by atoms with Crippen molar-refractivity contribution in [1.29, 1.82) is 0 Å². The minimum Gasteiger partial charge on any atom is -0.372 e. The Morgan fingerprint density at radius 3 is 3.04 bits per heavy atom. The molecular formula is C17H26N6O. The number of fused-ring (bicyclic) bond motifs is 1. The second kappa shape index (κ2) is 7.55. The van der Waals surface area contributed by atoms with E-state index < -0.39 is 0 Å². The molecule has 6 N–H and O–H groups in total. The highest BCUT2D eigenvalue weighted by Gasteiger charge is 2.19. The quantitative estimate of drug-likeness (QED) is 0.491. The van der Waals surface area contributed by atoms with E-state index in [2.05, 4.69) is 50.1 Å². The van der Waals surface area contributed by atoms with Gasteiger partial charge in [0.25, 0.3) is 0 Å². The van der Waals surface area contributed by atoms with E-state index >= 15 is 0 Å². The van der Waals surface area contributed by atoms with Crippen molar-refractivity contribution in [3.05, 3.63) is 41.2 Å². The number of nitrogens with one attached hydrogen (secondary N) is 6. The van der Waals surface area contributed by atoms with Crippen LogP contribution >= 0.6 is 0 Å². The van der Waals surface area contributed by atoms with Crippen LogP contribution in [0.4, 0.5) is 10.5 Å². The molecule has 3 rings (SSSR count). The number of hydrogen-bond donors (Lipinski definition) is 6. The molecule has 24 heavy (non-hydrogen) atoms.